The summed E-state index contributed by atoms with van der Waals surface area (Å²) in [6.07, 6.45) is 6.72. The summed E-state index contributed by atoms with van der Waals surface area (Å²) in [5.41, 5.74) is 0.965. The highest BCUT2D eigenvalue weighted by atomic mass is 35.5. The third-order valence-electron chi connectivity index (χ3n) is 2.50. The maximum atomic E-state index is 6.19. The van der Waals surface area contributed by atoms with E-state index in [1.54, 1.807) is 6.07 Å². The molecule has 1 aromatic carbocycles. The zero-order chi connectivity index (χ0) is 14.3. The van der Waals surface area contributed by atoms with Crippen LogP contribution >= 0.6 is 23.2 Å². The molecule has 1 N–H and O–H groups in total. The van der Waals surface area contributed by atoms with Gasteiger partial charge >= 0.3 is 0 Å². The largest absolute Gasteiger partial charge is 0.492 e. The monoisotopic (exact) mass is 299 g/mol. The van der Waals surface area contributed by atoms with E-state index in [1.807, 2.05) is 6.07 Å². The number of benzene rings is 1. The molecule has 4 heteroatoms. The van der Waals surface area contributed by atoms with Crippen molar-refractivity contribution in [2.75, 3.05) is 6.61 Å². The lowest BCUT2D eigenvalue weighted by Crippen LogP contribution is -2.22. The highest BCUT2D eigenvalue weighted by Gasteiger charge is 2.11. The zero-order valence-corrected chi connectivity index (χ0v) is 12.8. The van der Waals surface area contributed by atoms with E-state index >= 15 is 0 Å². The van der Waals surface area contributed by atoms with Gasteiger partial charge in [0.2, 0.25) is 0 Å². The first kappa shape index (κ1) is 16.2. The third-order valence-corrected chi connectivity index (χ3v) is 3.00. The number of rotatable bonds is 7. The topological polar surface area (TPSA) is 21.3 Å². The van der Waals surface area contributed by atoms with Gasteiger partial charge in [-0.25, -0.2) is 0 Å². The maximum Gasteiger partial charge on any atom is 0.142 e. The SMILES string of the molecule is C#CCCCOc1c(Cl)cc(Cl)cc1CNC(C)C. The zero-order valence-electron chi connectivity index (χ0n) is 11.3. The standard InChI is InChI=1S/C15H19Cl2NO/c1-4-5-6-7-19-15-12(10-18-11(2)3)8-13(16)9-14(15)17/h1,8-9,11,18H,5-7,10H2,2-3H3. The molecule has 0 amide bonds. The summed E-state index contributed by atoms with van der Waals surface area (Å²) in [6.45, 7) is 5.39. The number of nitrogens with one attached hydrogen (secondary N) is 1. The maximum absolute atomic E-state index is 6.19. The van der Waals surface area contributed by atoms with E-state index in [0.717, 1.165) is 12.0 Å². The van der Waals surface area contributed by atoms with Gasteiger partial charge in [-0.2, -0.15) is 0 Å². The van der Waals surface area contributed by atoms with Gasteiger partial charge in [0.15, 0.2) is 0 Å². The Balaban J connectivity index is 2.78. The number of hydrogen-bond donors (Lipinski definition) is 1. The molecule has 19 heavy (non-hydrogen) atoms. The average Bonchev–Trinajstić information content (AvgIpc) is 2.34. The van der Waals surface area contributed by atoms with Crippen molar-refractivity contribution < 1.29 is 4.74 Å². The Morgan fingerprint density at radius 3 is 2.74 bits per heavy atom. The van der Waals surface area contributed by atoms with E-state index in [1.165, 1.54) is 0 Å². The normalized spacial score (nSPS) is 10.5. The first-order chi connectivity index (χ1) is 9.04. The van der Waals surface area contributed by atoms with Gasteiger partial charge in [-0.15, -0.1) is 12.3 Å². The number of unbranched alkanes of at least 4 members (excludes halogenated alkanes) is 1. The summed E-state index contributed by atoms with van der Waals surface area (Å²) in [6, 6.07) is 3.95. The van der Waals surface area contributed by atoms with Gasteiger partial charge in [-0.05, 0) is 18.6 Å². The third kappa shape index (κ3) is 5.74. The van der Waals surface area contributed by atoms with Crippen LogP contribution < -0.4 is 10.1 Å². The molecule has 0 atom stereocenters. The summed E-state index contributed by atoms with van der Waals surface area (Å²) in [7, 11) is 0. The highest BCUT2D eigenvalue weighted by molar-refractivity contribution is 6.35. The van der Waals surface area contributed by atoms with Crippen molar-refractivity contribution in [1.29, 1.82) is 0 Å². The minimum absolute atomic E-state index is 0.382. The predicted octanol–water partition coefficient (Wildman–Crippen LogP) is 4.28. The van der Waals surface area contributed by atoms with Gasteiger partial charge in [0.25, 0.3) is 0 Å². The lowest BCUT2D eigenvalue weighted by Gasteiger charge is -2.15. The van der Waals surface area contributed by atoms with Crippen LogP contribution in [0.4, 0.5) is 0 Å². The fourth-order valence-corrected chi connectivity index (χ4v) is 2.16. The van der Waals surface area contributed by atoms with E-state index in [9.17, 15) is 0 Å². The molecule has 0 aromatic heterocycles. The number of ether oxygens (including phenoxy) is 1. The van der Waals surface area contributed by atoms with Crippen LogP contribution in [-0.4, -0.2) is 12.6 Å². The summed E-state index contributed by atoms with van der Waals surface area (Å²) in [5.74, 6) is 3.28. The molecule has 0 fully saturated rings. The van der Waals surface area contributed by atoms with Crippen molar-refractivity contribution in [2.24, 2.45) is 0 Å². The van der Waals surface area contributed by atoms with E-state index in [0.29, 0.717) is 41.4 Å². The molecule has 1 aromatic rings. The average molecular weight is 300 g/mol. The lowest BCUT2D eigenvalue weighted by molar-refractivity contribution is 0.309. The van der Waals surface area contributed by atoms with Crippen molar-refractivity contribution in [2.45, 2.75) is 39.3 Å². The first-order valence-corrected chi connectivity index (χ1v) is 7.07. The van der Waals surface area contributed by atoms with Crippen molar-refractivity contribution in [3.63, 3.8) is 0 Å². The van der Waals surface area contributed by atoms with Crippen LogP contribution in [0.3, 0.4) is 0 Å². The second kappa shape index (κ2) is 8.32. The molecule has 0 spiro atoms. The Bertz CT molecular complexity index is 452. The number of terminal acetylenes is 1. The van der Waals surface area contributed by atoms with Crippen LogP contribution in [-0.2, 0) is 6.54 Å². The quantitative estimate of drug-likeness (QED) is 0.599. The second-order valence-electron chi connectivity index (χ2n) is 4.57. The van der Waals surface area contributed by atoms with Gasteiger partial charge in [-0.1, -0.05) is 37.0 Å². The van der Waals surface area contributed by atoms with Gasteiger partial charge in [0.05, 0.1) is 11.6 Å². The van der Waals surface area contributed by atoms with Crippen LogP contribution in [0.1, 0.15) is 32.3 Å². The molecule has 0 aliphatic rings. The molecule has 0 aliphatic carbocycles. The predicted molar refractivity (Wildman–Crippen MR) is 82.0 cm³/mol. The Kier molecular flexibility index (Phi) is 7.09. The molecule has 0 heterocycles. The van der Waals surface area contributed by atoms with E-state index < -0.39 is 0 Å². The summed E-state index contributed by atoms with van der Waals surface area (Å²) >= 11 is 12.2. The molecular formula is C15H19Cl2NO. The fourth-order valence-electron chi connectivity index (χ4n) is 1.57. The highest BCUT2D eigenvalue weighted by Crippen LogP contribution is 2.32. The summed E-state index contributed by atoms with van der Waals surface area (Å²) in [4.78, 5) is 0. The van der Waals surface area contributed by atoms with Crippen LogP contribution in [0.15, 0.2) is 12.1 Å². The van der Waals surface area contributed by atoms with Gasteiger partial charge < -0.3 is 10.1 Å². The second-order valence-corrected chi connectivity index (χ2v) is 5.41. The molecule has 2 nitrogen and oxygen atoms in total. The number of halogens is 2. The molecular weight excluding hydrogens is 281 g/mol. The molecule has 0 radical (unpaired) electrons. The van der Waals surface area contributed by atoms with Crippen LogP contribution in [0.2, 0.25) is 10.0 Å². The summed E-state index contributed by atoms with van der Waals surface area (Å²) < 4.78 is 5.73. The Labute approximate surface area is 125 Å². The molecule has 0 unspecified atom stereocenters. The minimum Gasteiger partial charge on any atom is -0.492 e. The molecule has 104 valence electrons. The Morgan fingerprint density at radius 2 is 2.11 bits per heavy atom. The summed E-state index contributed by atoms with van der Waals surface area (Å²) in [5, 5.41) is 4.48. The van der Waals surface area contributed by atoms with Crippen LogP contribution in [0.25, 0.3) is 0 Å². The smallest absolute Gasteiger partial charge is 0.142 e. The van der Waals surface area contributed by atoms with Crippen LogP contribution in [0, 0.1) is 12.3 Å². The lowest BCUT2D eigenvalue weighted by atomic mass is 10.2. The first-order valence-electron chi connectivity index (χ1n) is 6.32. The van der Waals surface area contributed by atoms with Crippen molar-refractivity contribution in [1.82, 2.24) is 5.32 Å². The van der Waals surface area contributed by atoms with Crippen molar-refractivity contribution in [3.8, 4) is 18.1 Å². The Morgan fingerprint density at radius 1 is 1.37 bits per heavy atom. The molecule has 1 rings (SSSR count). The number of hydrogen-bond acceptors (Lipinski definition) is 2. The van der Waals surface area contributed by atoms with Crippen molar-refractivity contribution >= 4 is 23.2 Å². The van der Waals surface area contributed by atoms with Gasteiger partial charge in [0.1, 0.15) is 5.75 Å². The van der Waals surface area contributed by atoms with Gasteiger partial charge in [-0.3, -0.25) is 0 Å². The molecule has 0 aliphatic heterocycles. The molecule has 0 bridgehead atoms. The van der Waals surface area contributed by atoms with E-state index in [4.69, 9.17) is 34.4 Å². The van der Waals surface area contributed by atoms with Crippen LogP contribution in [0.5, 0.6) is 5.75 Å². The Hall–Kier alpha value is -0.880. The minimum atomic E-state index is 0.382. The molecule has 0 saturated carbocycles. The molecule has 0 saturated heterocycles. The van der Waals surface area contributed by atoms with E-state index in [2.05, 4.69) is 25.1 Å². The fraction of sp³-hybridized carbons (Fsp3) is 0.467. The van der Waals surface area contributed by atoms with Crippen molar-refractivity contribution in [3.05, 3.63) is 27.7 Å². The van der Waals surface area contributed by atoms with E-state index in [-0.39, 0.29) is 0 Å². The van der Waals surface area contributed by atoms with Gasteiger partial charge in [0, 0.05) is 29.6 Å².